The van der Waals surface area contributed by atoms with Crippen molar-refractivity contribution in [2.24, 2.45) is 0 Å². The lowest BCUT2D eigenvalue weighted by molar-refractivity contribution is 0.199. The first-order valence-electron chi connectivity index (χ1n) is 9.95. The number of nitrogens with one attached hydrogen (secondary N) is 1. The van der Waals surface area contributed by atoms with Gasteiger partial charge in [-0.05, 0) is 36.9 Å². The smallest absolute Gasteiger partial charge is 0.152 e. The molecular weight excluding hydrogens is 473 g/mol. The number of anilines is 1. The Bertz CT molecular complexity index is 1170. The predicted molar refractivity (Wildman–Crippen MR) is 132 cm³/mol. The zero-order valence-electron chi connectivity index (χ0n) is 17.0. The summed E-state index contributed by atoms with van der Waals surface area (Å²) in [5.41, 5.74) is 8.96. The van der Waals surface area contributed by atoms with E-state index in [2.05, 4.69) is 20.3 Å². The maximum Gasteiger partial charge on any atom is 0.152 e. The number of methoxy groups -OCH3 is 1. The first kappa shape index (κ1) is 22.6. The molecule has 0 saturated carbocycles. The van der Waals surface area contributed by atoms with Gasteiger partial charge in [0.2, 0.25) is 0 Å². The minimum atomic E-state index is 0.470. The van der Waals surface area contributed by atoms with Crippen LogP contribution in [-0.4, -0.2) is 34.8 Å². The fourth-order valence-corrected chi connectivity index (χ4v) is 5.96. The summed E-state index contributed by atoms with van der Waals surface area (Å²) < 4.78 is 12.6. The van der Waals surface area contributed by atoms with Gasteiger partial charge in [-0.2, -0.15) is 0 Å². The largest absolute Gasteiger partial charge is 0.384 e. The molecule has 0 aliphatic rings. The zero-order chi connectivity index (χ0) is 21.8. The highest BCUT2D eigenvalue weighted by Gasteiger charge is 2.17. The molecule has 164 valence electrons. The number of ether oxygens (including phenoxy) is 1. The van der Waals surface area contributed by atoms with E-state index in [-0.39, 0.29) is 0 Å². The van der Waals surface area contributed by atoms with Crippen molar-refractivity contribution < 1.29 is 4.74 Å². The predicted octanol–water partition coefficient (Wildman–Crippen LogP) is 5.80. The quantitative estimate of drug-likeness (QED) is 0.213. The number of unbranched alkanes of at least 4 members (excludes halogenated alkanes) is 1. The van der Waals surface area contributed by atoms with Gasteiger partial charge in [0.15, 0.2) is 5.82 Å². The van der Waals surface area contributed by atoms with Gasteiger partial charge in [0.05, 0.1) is 26.9 Å². The second kappa shape index (κ2) is 10.4. The molecule has 6 nitrogen and oxygen atoms in total. The molecule has 0 aliphatic heterocycles. The van der Waals surface area contributed by atoms with Gasteiger partial charge in [0, 0.05) is 32.0 Å². The van der Waals surface area contributed by atoms with Crippen LogP contribution in [0.15, 0.2) is 34.5 Å². The highest BCUT2D eigenvalue weighted by atomic mass is 35.5. The number of hydrogen-bond donors (Lipinski definition) is 2. The highest BCUT2D eigenvalue weighted by Crippen LogP contribution is 2.36. The second-order valence-corrected chi connectivity index (χ2v) is 10.3. The molecule has 0 unspecified atom stereocenters. The van der Waals surface area contributed by atoms with Crippen LogP contribution in [0.25, 0.3) is 21.9 Å². The molecule has 0 atom stereocenters. The Balaban J connectivity index is 1.47. The third kappa shape index (κ3) is 5.10. The number of aryl methyl sites for hydroxylation is 1. The number of pyridine rings is 1. The van der Waals surface area contributed by atoms with Crippen molar-refractivity contribution in [3.63, 3.8) is 0 Å². The Kier molecular flexibility index (Phi) is 7.58. The van der Waals surface area contributed by atoms with Gasteiger partial charge in [-0.15, -0.1) is 11.3 Å². The van der Waals surface area contributed by atoms with Crippen molar-refractivity contribution in [2.75, 3.05) is 26.0 Å². The SMILES string of the molecule is COCCc1nc2c(N)nc3ccccc3c2n1CCCCNSc1cc(Cl)c(Cl)s1. The average molecular weight is 496 g/mol. The number of aromatic nitrogens is 3. The van der Waals surface area contributed by atoms with Crippen molar-refractivity contribution in [1.82, 2.24) is 19.3 Å². The van der Waals surface area contributed by atoms with Crippen molar-refractivity contribution in [3.8, 4) is 0 Å². The number of thiophene rings is 1. The van der Waals surface area contributed by atoms with E-state index >= 15 is 0 Å². The van der Waals surface area contributed by atoms with E-state index in [1.54, 1.807) is 19.1 Å². The maximum absolute atomic E-state index is 6.25. The molecule has 0 saturated heterocycles. The molecule has 3 heterocycles. The van der Waals surface area contributed by atoms with E-state index in [4.69, 9.17) is 38.7 Å². The number of nitrogens with two attached hydrogens (primary N) is 1. The molecule has 4 rings (SSSR count). The Morgan fingerprint density at radius 1 is 1.23 bits per heavy atom. The minimum absolute atomic E-state index is 0.470. The van der Waals surface area contributed by atoms with Gasteiger partial charge in [-0.3, -0.25) is 4.72 Å². The summed E-state index contributed by atoms with van der Waals surface area (Å²) >= 11 is 15.1. The van der Waals surface area contributed by atoms with Crippen LogP contribution in [0, 0.1) is 0 Å². The average Bonchev–Trinajstić information content (AvgIpc) is 3.29. The van der Waals surface area contributed by atoms with Crippen LogP contribution in [0.5, 0.6) is 0 Å². The van der Waals surface area contributed by atoms with E-state index in [1.165, 1.54) is 11.3 Å². The number of para-hydroxylation sites is 1. The molecule has 1 aromatic carbocycles. The molecule has 0 spiro atoms. The van der Waals surface area contributed by atoms with Gasteiger partial charge in [0.1, 0.15) is 15.7 Å². The Hall–Kier alpha value is -1.55. The third-order valence-corrected chi connectivity index (χ3v) is 7.75. The molecule has 3 aromatic heterocycles. The number of halogens is 2. The lowest BCUT2D eigenvalue weighted by atomic mass is 10.2. The zero-order valence-corrected chi connectivity index (χ0v) is 20.2. The summed E-state index contributed by atoms with van der Waals surface area (Å²) in [5.74, 6) is 1.45. The maximum atomic E-state index is 6.25. The molecule has 3 N–H and O–H groups in total. The summed E-state index contributed by atoms with van der Waals surface area (Å²) in [4.78, 5) is 9.35. The van der Waals surface area contributed by atoms with E-state index in [0.717, 1.165) is 64.3 Å². The molecule has 10 heteroatoms. The van der Waals surface area contributed by atoms with Gasteiger partial charge >= 0.3 is 0 Å². The summed E-state index contributed by atoms with van der Waals surface area (Å²) in [6.45, 7) is 2.34. The van der Waals surface area contributed by atoms with Gasteiger partial charge in [-0.25, -0.2) is 9.97 Å². The first-order valence-corrected chi connectivity index (χ1v) is 12.3. The molecular formula is C21H23Cl2N5OS2. The molecule has 0 aliphatic carbocycles. The summed E-state index contributed by atoms with van der Waals surface area (Å²) in [5, 5.41) is 1.68. The van der Waals surface area contributed by atoms with Crippen molar-refractivity contribution in [3.05, 3.63) is 45.5 Å². The van der Waals surface area contributed by atoms with Crippen LogP contribution >= 0.6 is 46.5 Å². The number of nitrogen functional groups attached to an aromatic ring is 1. The number of imidazole rings is 1. The lowest BCUT2D eigenvalue weighted by Gasteiger charge is -2.11. The fraction of sp³-hybridized carbons (Fsp3) is 0.333. The standard InChI is InChI=1S/C21H23Cl2N5OS2/c1-29-11-8-16-27-18-19(13-6-2-3-7-15(13)26-21(18)24)28(16)10-5-4-9-25-31-17-12-14(22)20(23)30-17/h2-3,6-7,12,25H,4-5,8-11H2,1H3,(H2,24,26). The molecule has 0 amide bonds. The van der Waals surface area contributed by atoms with E-state index in [1.807, 2.05) is 24.3 Å². The fourth-order valence-electron chi connectivity index (χ4n) is 3.50. The van der Waals surface area contributed by atoms with Crippen molar-refractivity contribution >= 4 is 74.2 Å². The normalized spacial score (nSPS) is 11.7. The Morgan fingerprint density at radius 2 is 2.06 bits per heavy atom. The topological polar surface area (TPSA) is 78.0 Å². The summed E-state index contributed by atoms with van der Waals surface area (Å²) in [6, 6.07) is 9.95. The van der Waals surface area contributed by atoms with Crippen LogP contribution in [-0.2, 0) is 17.7 Å². The van der Waals surface area contributed by atoms with Crippen LogP contribution in [0.3, 0.4) is 0 Å². The molecule has 31 heavy (non-hydrogen) atoms. The first-order chi connectivity index (χ1) is 15.1. The number of benzene rings is 1. The van der Waals surface area contributed by atoms with Crippen molar-refractivity contribution in [1.29, 1.82) is 0 Å². The van der Waals surface area contributed by atoms with Crippen LogP contribution in [0.2, 0.25) is 9.36 Å². The van der Waals surface area contributed by atoms with Crippen LogP contribution < -0.4 is 10.5 Å². The second-order valence-electron chi connectivity index (χ2n) is 7.02. The van der Waals surface area contributed by atoms with Gasteiger partial charge in [-0.1, -0.05) is 41.4 Å². The minimum Gasteiger partial charge on any atom is -0.384 e. The van der Waals surface area contributed by atoms with E-state index in [9.17, 15) is 0 Å². The van der Waals surface area contributed by atoms with Crippen LogP contribution in [0.1, 0.15) is 18.7 Å². The summed E-state index contributed by atoms with van der Waals surface area (Å²) in [7, 11) is 1.70. The molecule has 4 aromatic rings. The van der Waals surface area contributed by atoms with Crippen molar-refractivity contribution in [2.45, 2.75) is 30.0 Å². The van der Waals surface area contributed by atoms with E-state index in [0.29, 0.717) is 21.8 Å². The Labute approximate surface area is 199 Å². The molecule has 0 fully saturated rings. The Morgan fingerprint density at radius 3 is 2.84 bits per heavy atom. The molecule has 0 radical (unpaired) electrons. The third-order valence-electron chi connectivity index (χ3n) is 4.93. The highest BCUT2D eigenvalue weighted by molar-refractivity contribution is 7.99. The molecule has 0 bridgehead atoms. The van der Waals surface area contributed by atoms with Crippen LogP contribution in [0.4, 0.5) is 5.82 Å². The van der Waals surface area contributed by atoms with Gasteiger partial charge in [0.25, 0.3) is 0 Å². The monoisotopic (exact) mass is 495 g/mol. The lowest BCUT2D eigenvalue weighted by Crippen LogP contribution is -2.10. The summed E-state index contributed by atoms with van der Waals surface area (Å²) in [6.07, 6.45) is 2.75. The van der Waals surface area contributed by atoms with Gasteiger partial charge < -0.3 is 15.0 Å². The number of rotatable bonds is 10. The van der Waals surface area contributed by atoms with E-state index < -0.39 is 0 Å². The number of hydrogen-bond acceptors (Lipinski definition) is 7. The number of nitrogens with zero attached hydrogens (tertiary/aromatic N) is 3. The number of fused-ring (bicyclic) bond motifs is 3.